The highest BCUT2D eigenvalue weighted by atomic mass is 19.4. The molecule has 4 rings (SSSR count). The van der Waals surface area contributed by atoms with Gasteiger partial charge in [-0.05, 0) is 56.3 Å². The number of alkyl halides is 3. The maximum absolute atomic E-state index is 12.9. The van der Waals surface area contributed by atoms with Gasteiger partial charge in [0.1, 0.15) is 0 Å². The van der Waals surface area contributed by atoms with Crippen LogP contribution in [-0.4, -0.2) is 31.4 Å². The monoisotopic (exact) mass is 454 g/mol. The van der Waals surface area contributed by atoms with Gasteiger partial charge >= 0.3 is 6.18 Å². The van der Waals surface area contributed by atoms with Gasteiger partial charge in [-0.15, -0.1) is 5.10 Å². The normalized spacial score (nSPS) is 11.4. The first-order valence-electron chi connectivity index (χ1n) is 9.71. The molecule has 0 bridgehead atoms. The minimum absolute atomic E-state index is 0.00340. The van der Waals surface area contributed by atoms with Gasteiger partial charge in [0, 0.05) is 28.3 Å². The zero-order chi connectivity index (χ0) is 23.8. The van der Waals surface area contributed by atoms with Crippen LogP contribution in [0.1, 0.15) is 37.9 Å². The standard InChI is InChI=1S/C22H17F3N6O2/c1-12-9-13(2)31-21(26-12)29-18(30-31)20(33)28-16-7-3-5-14(10-16)19(32)27-17-8-4-6-15(11-17)22(23,24)25/h3-11H,1-2H3,(H,27,32)(H,28,33). The van der Waals surface area contributed by atoms with Crippen LogP contribution in [0, 0.1) is 13.8 Å². The van der Waals surface area contributed by atoms with Gasteiger partial charge in [0.25, 0.3) is 17.6 Å². The molecule has 0 aliphatic carbocycles. The lowest BCUT2D eigenvalue weighted by atomic mass is 10.1. The second-order valence-corrected chi connectivity index (χ2v) is 7.25. The molecule has 2 aromatic carbocycles. The van der Waals surface area contributed by atoms with Crippen molar-refractivity contribution in [3.63, 3.8) is 0 Å². The van der Waals surface area contributed by atoms with Crippen molar-refractivity contribution in [1.29, 1.82) is 0 Å². The molecule has 0 fully saturated rings. The Morgan fingerprint density at radius 2 is 1.55 bits per heavy atom. The molecule has 168 valence electrons. The molecule has 0 atom stereocenters. The molecule has 2 amide bonds. The molecule has 2 aromatic heterocycles. The van der Waals surface area contributed by atoms with E-state index in [1.807, 2.05) is 6.92 Å². The summed E-state index contributed by atoms with van der Waals surface area (Å²) in [6.07, 6.45) is -4.52. The number of hydrogen-bond acceptors (Lipinski definition) is 5. The summed E-state index contributed by atoms with van der Waals surface area (Å²) in [7, 11) is 0. The zero-order valence-corrected chi connectivity index (χ0v) is 17.4. The van der Waals surface area contributed by atoms with Gasteiger partial charge in [0.2, 0.25) is 5.82 Å². The maximum atomic E-state index is 12.9. The zero-order valence-electron chi connectivity index (χ0n) is 17.4. The number of aromatic nitrogens is 4. The molecule has 0 spiro atoms. The number of benzene rings is 2. The number of nitrogens with one attached hydrogen (secondary N) is 2. The first-order valence-corrected chi connectivity index (χ1v) is 9.71. The molecular formula is C22H17F3N6O2. The second kappa shape index (κ2) is 8.34. The lowest BCUT2D eigenvalue weighted by Crippen LogP contribution is -2.16. The van der Waals surface area contributed by atoms with Crippen LogP contribution in [0.3, 0.4) is 0 Å². The molecule has 0 saturated carbocycles. The third-order valence-electron chi connectivity index (χ3n) is 4.65. The number of fused-ring (bicyclic) bond motifs is 1. The molecule has 2 heterocycles. The summed E-state index contributed by atoms with van der Waals surface area (Å²) in [6.45, 7) is 3.61. The second-order valence-electron chi connectivity index (χ2n) is 7.25. The summed E-state index contributed by atoms with van der Waals surface area (Å²) in [5.41, 5.74) is 1.05. The van der Waals surface area contributed by atoms with Crippen LogP contribution >= 0.6 is 0 Å². The van der Waals surface area contributed by atoms with E-state index in [0.29, 0.717) is 0 Å². The van der Waals surface area contributed by atoms with E-state index >= 15 is 0 Å². The van der Waals surface area contributed by atoms with Crippen molar-refractivity contribution in [3.05, 3.63) is 82.9 Å². The lowest BCUT2D eigenvalue weighted by Gasteiger charge is -2.10. The average Bonchev–Trinajstić information content (AvgIpc) is 3.18. The van der Waals surface area contributed by atoms with Crippen LogP contribution in [0.2, 0.25) is 0 Å². The van der Waals surface area contributed by atoms with E-state index in [-0.39, 0.29) is 28.5 Å². The molecule has 0 radical (unpaired) electrons. The van der Waals surface area contributed by atoms with E-state index in [4.69, 9.17) is 0 Å². The van der Waals surface area contributed by atoms with Crippen molar-refractivity contribution >= 4 is 29.0 Å². The van der Waals surface area contributed by atoms with Gasteiger partial charge < -0.3 is 10.6 Å². The third kappa shape index (κ3) is 4.81. The summed E-state index contributed by atoms with van der Waals surface area (Å²) >= 11 is 0. The number of rotatable bonds is 4. The molecular weight excluding hydrogens is 437 g/mol. The summed E-state index contributed by atoms with van der Waals surface area (Å²) in [6, 6.07) is 12.1. The molecule has 33 heavy (non-hydrogen) atoms. The fraction of sp³-hybridized carbons (Fsp3) is 0.136. The van der Waals surface area contributed by atoms with Crippen molar-refractivity contribution in [2.24, 2.45) is 0 Å². The number of hydrogen-bond donors (Lipinski definition) is 2. The van der Waals surface area contributed by atoms with Crippen LogP contribution in [0.25, 0.3) is 5.78 Å². The van der Waals surface area contributed by atoms with E-state index in [1.54, 1.807) is 19.1 Å². The molecule has 0 aliphatic heterocycles. The van der Waals surface area contributed by atoms with E-state index in [1.165, 1.54) is 34.8 Å². The van der Waals surface area contributed by atoms with Gasteiger partial charge in [0.05, 0.1) is 5.56 Å². The molecule has 4 aromatic rings. The summed E-state index contributed by atoms with van der Waals surface area (Å²) in [4.78, 5) is 33.5. The largest absolute Gasteiger partial charge is 0.416 e. The van der Waals surface area contributed by atoms with E-state index in [9.17, 15) is 22.8 Å². The fourth-order valence-electron chi connectivity index (χ4n) is 3.16. The summed E-state index contributed by atoms with van der Waals surface area (Å²) in [5.74, 6) is -1.05. The number of amides is 2. The van der Waals surface area contributed by atoms with Crippen LogP contribution in [-0.2, 0) is 6.18 Å². The number of anilines is 2. The van der Waals surface area contributed by atoms with E-state index < -0.39 is 23.6 Å². The lowest BCUT2D eigenvalue weighted by molar-refractivity contribution is -0.137. The number of halogens is 3. The third-order valence-corrected chi connectivity index (χ3v) is 4.65. The van der Waals surface area contributed by atoms with Crippen molar-refractivity contribution in [2.75, 3.05) is 10.6 Å². The van der Waals surface area contributed by atoms with Gasteiger partial charge in [-0.2, -0.15) is 18.2 Å². The Hall–Kier alpha value is -4.28. The Labute approximate surface area is 185 Å². The Morgan fingerprint density at radius 3 is 2.27 bits per heavy atom. The molecule has 8 nitrogen and oxygen atoms in total. The van der Waals surface area contributed by atoms with Crippen LogP contribution in [0.5, 0.6) is 0 Å². The molecule has 0 aliphatic rings. The van der Waals surface area contributed by atoms with Crippen LogP contribution in [0.15, 0.2) is 54.6 Å². The number of nitrogens with zero attached hydrogens (tertiary/aromatic N) is 4. The van der Waals surface area contributed by atoms with Gasteiger partial charge in [-0.25, -0.2) is 9.50 Å². The van der Waals surface area contributed by atoms with Crippen molar-refractivity contribution in [1.82, 2.24) is 19.6 Å². The molecule has 0 unspecified atom stereocenters. The predicted octanol–water partition coefficient (Wildman–Crippen LogP) is 4.26. The Kier molecular flexibility index (Phi) is 5.54. The highest BCUT2D eigenvalue weighted by Gasteiger charge is 2.30. The van der Waals surface area contributed by atoms with Crippen LogP contribution < -0.4 is 10.6 Å². The van der Waals surface area contributed by atoms with Crippen molar-refractivity contribution < 1.29 is 22.8 Å². The van der Waals surface area contributed by atoms with E-state index in [2.05, 4.69) is 25.7 Å². The number of aryl methyl sites for hydroxylation is 2. The number of carbonyl (C=O) groups is 2. The first-order chi connectivity index (χ1) is 15.6. The topological polar surface area (TPSA) is 101 Å². The Morgan fingerprint density at radius 1 is 0.879 bits per heavy atom. The van der Waals surface area contributed by atoms with Crippen LogP contribution in [0.4, 0.5) is 24.5 Å². The van der Waals surface area contributed by atoms with Gasteiger partial charge in [-0.3, -0.25) is 9.59 Å². The smallest absolute Gasteiger partial charge is 0.322 e. The Balaban J connectivity index is 1.50. The SMILES string of the molecule is Cc1cc(C)n2nc(C(=O)Nc3cccc(C(=O)Nc4cccc(C(F)(F)F)c4)c3)nc2n1. The maximum Gasteiger partial charge on any atom is 0.416 e. The summed E-state index contributed by atoms with van der Waals surface area (Å²) in [5, 5.41) is 9.18. The molecule has 0 saturated heterocycles. The molecule has 2 N–H and O–H groups in total. The predicted molar refractivity (Wildman–Crippen MR) is 114 cm³/mol. The van der Waals surface area contributed by atoms with Gasteiger partial charge in [0.15, 0.2) is 0 Å². The van der Waals surface area contributed by atoms with Gasteiger partial charge in [-0.1, -0.05) is 12.1 Å². The summed E-state index contributed by atoms with van der Waals surface area (Å²) < 4.78 is 40.1. The fourth-order valence-corrected chi connectivity index (χ4v) is 3.16. The van der Waals surface area contributed by atoms with E-state index in [0.717, 1.165) is 23.5 Å². The van der Waals surface area contributed by atoms with Crippen molar-refractivity contribution in [3.8, 4) is 0 Å². The van der Waals surface area contributed by atoms with Crippen molar-refractivity contribution in [2.45, 2.75) is 20.0 Å². The average molecular weight is 454 g/mol. The minimum atomic E-state index is -4.52. The minimum Gasteiger partial charge on any atom is -0.322 e. The highest BCUT2D eigenvalue weighted by molar-refractivity contribution is 6.06. The molecule has 11 heteroatoms. The highest BCUT2D eigenvalue weighted by Crippen LogP contribution is 2.30. The number of carbonyl (C=O) groups excluding carboxylic acids is 2. The first kappa shape index (κ1) is 21.9. The quantitative estimate of drug-likeness (QED) is 0.480. The Bertz CT molecular complexity index is 1380.